The second-order valence-electron chi connectivity index (χ2n) is 4.20. The smallest absolute Gasteiger partial charge is 0.160 e. The van der Waals surface area contributed by atoms with Crippen molar-refractivity contribution in [1.29, 1.82) is 0 Å². The van der Waals surface area contributed by atoms with Crippen LogP contribution in [0.3, 0.4) is 0 Å². The first kappa shape index (κ1) is 14.0. The summed E-state index contributed by atoms with van der Waals surface area (Å²) in [5.74, 6) is 0.598. The Morgan fingerprint density at radius 1 is 1.05 bits per heavy atom. The predicted octanol–water partition coefficient (Wildman–Crippen LogP) is 3.16. The molecule has 0 aliphatic rings. The molecule has 2 aromatic rings. The largest absolute Gasteiger partial charge is 0.504 e. The van der Waals surface area contributed by atoms with Crippen molar-refractivity contribution in [2.45, 2.75) is 6.54 Å². The van der Waals surface area contributed by atoms with Crippen LogP contribution in [-0.4, -0.2) is 19.3 Å². The third-order valence-electron chi connectivity index (χ3n) is 2.89. The van der Waals surface area contributed by atoms with E-state index in [1.807, 2.05) is 0 Å². The minimum atomic E-state index is -0.348. The number of phenolic OH excluding ortho intramolecular Hbond substituents is 1. The Kier molecular flexibility index (Phi) is 4.30. The van der Waals surface area contributed by atoms with Crippen molar-refractivity contribution >= 4 is 5.69 Å². The summed E-state index contributed by atoms with van der Waals surface area (Å²) in [6, 6.07) is 9.38. The van der Waals surface area contributed by atoms with Crippen LogP contribution in [0.5, 0.6) is 17.2 Å². The molecule has 2 rings (SSSR count). The van der Waals surface area contributed by atoms with Crippen LogP contribution in [0.2, 0.25) is 0 Å². The Morgan fingerprint density at radius 3 is 2.50 bits per heavy atom. The summed E-state index contributed by atoms with van der Waals surface area (Å²) in [5.41, 5.74) is 1.62. The van der Waals surface area contributed by atoms with Gasteiger partial charge >= 0.3 is 0 Å². The zero-order chi connectivity index (χ0) is 14.5. The van der Waals surface area contributed by atoms with Crippen molar-refractivity contribution in [3.05, 3.63) is 47.8 Å². The lowest BCUT2D eigenvalue weighted by Crippen LogP contribution is -2.02. The number of aromatic hydroxyl groups is 1. The number of methoxy groups -OCH3 is 2. The Bertz CT molecular complexity index is 602. The van der Waals surface area contributed by atoms with Crippen LogP contribution in [0.25, 0.3) is 0 Å². The van der Waals surface area contributed by atoms with Crippen LogP contribution in [0.1, 0.15) is 5.56 Å². The number of hydrogen-bond donors (Lipinski definition) is 2. The van der Waals surface area contributed by atoms with Crippen molar-refractivity contribution in [3.8, 4) is 17.2 Å². The molecule has 0 saturated carbocycles. The number of benzene rings is 2. The molecule has 0 bridgehead atoms. The van der Waals surface area contributed by atoms with Gasteiger partial charge in [0.15, 0.2) is 11.5 Å². The Balaban J connectivity index is 2.12. The summed E-state index contributed by atoms with van der Waals surface area (Å²) in [5, 5.41) is 12.7. The molecule has 20 heavy (non-hydrogen) atoms. The fourth-order valence-electron chi connectivity index (χ4n) is 1.84. The molecule has 2 N–H and O–H groups in total. The fraction of sp³-hybridized carbons (Fsp3) is 0.200. The zero-order valence-electron chi connectivity index (χ0n) is 11.3. The Morgan fingerprint density at radius 2 is 1.80 bits per heavy atom. The van der Waals surface area contributed by atoms with Crippen LogP contribution in [-0.2, 0) is 6.54 Å². The lowest BCUT2D eigenvalue weighted by atomic mass is 10.2. The maximum atomic E-state index is 13.1. The molecule has 0 saturated heterocycles. The molecule has 0 atom stereocenters. The van der Waals surface area contributed by atoms with Crippen molar-refractivity contribution in [2.75, 3.05) is 19.5 Å². The van der Waals surface area contributed by atoms with Gasteiger partial charge in [-0.15, -0.1) is 0 Å². The predicted molar refractivity (Wildman–Crippen MR) is 74.9 cm³/mol. The van der Waals surface area contributed by atoms with Crippen LogP contribution in [0.4, 0.5) is 10.1 Å². The molecule has 0 fully saturated rings. The third-order valence-corrected chi connectivity index (χ3v) is 2.89. The molecule has 0 radical (unpaired) electrons. The first-order valence-electron chi connectivity index (χ1n) is 6.07. The van der Waals surface area contributed by atoms with E-state index in [9.17, 15) is 9.50 Å². The summed E-state index contributed by atoms with van der Waals surface area (Å²) in [7, 11) is 2.98. The molecular weight excluding hydrogens is 261 g/mol. The van der Waals surface area contributed by atoms with E-state index in [4.69, 9.17) is 9.47 Å². The molecule has 2 aromatic carbocycles. The molecule has 5 heteroatoms. The highest BCUT2D eigenvalue weighted by molar-refractivity contribution is 5.57. The topological polar surface area (TPSA) is 50.7 Å². The summed E-state index contributed by atoms with van der Waals surface area (Å²) >= 11 is 0. The summed E-state index contributed by atoms with van der Waals surface area (Å²) < 4.78 is 23.2. The van der Waals surface area contributed by atoms with Gasteiger partial charge in [0.05, 0.1) is 19.9 Å². The number of anilines is 1. The molecule has 106 valence electrons. The highest BCUT2D eigenvalue weighted by Gasteiger charge is 2.06. The maximum Gasteiger partial charge on any atom is 0.160 e. The van der Waals surface area contributed by atoms with Gasteiger partial charge in [-0.3, -0.25) is 0 Å². The minimum Gasteiger partial charge on any atom is -0.504 e. The van der Waals surface area contributed by atoms with Crippen molar-refractivity contribution in [3.63, 3.8) is 0 Å². The average Bonchev–Trinajstić information content (AvgIpc) is 2.47. The van der Waals surface area contributed by atoms with E-state index in [0.717, 1.165) is 5.56 Å². The van der Waals surface area contributed by atoms with E-state index in [2.05, 4.69) is 5.32 Å². The molecule has 0 aliphatic carbocycles. The lowest BCUT2D eigenvalue weighted by Gasteiger charge is -2.12. The Hall–Kier alpha value is -2.43. The quantitative estimate of drug-likeness (QED) is 0.881. The van der Waals surface area contributed by atoms with Crippen LogP contribution in [0, 0.1) is 5.82 Å². The molecule has 0 heterocycles. The van der Waals surface area contributed by atoms with Crippen molar-refractivity contribution in [1.82, 2.24) is 0 Å². The van der Waals surface area contributed by atoms with Gasteiger partial charge in [0.25, 0.3) is 0 Å². The minimum absolute atomic E-state index is 0.0932. The monoisotopic (exact) mass is 277 g/mol. The van der Waals surface area contributed by atoms with Gasteiger partial charge < -0.3 is 19.9 Å². The molecule has 0 spiro atoms. The van der Waals surface area contributed by atoms with Crippen LogP contribution in [0.15, 0.2) is 36.4 Å². The van der Waals surface area contributed by atoms with E-state index in [1.165, 1.54) is 26.4 Å². The van der Waals surface area contributed by atoms with E-state index < -0.39 is 0 Å². The maximum absolute atomic E-state index is 13.1. The van der Waals surface area contributed by atoms with Gasteiger partial charge in [-0.1, -0.05) is 6.07 Å². The van der Waals surface area contributed by atoms with Gasteiger partial charge in [0.1, 0.15) is 11.6 Å². The third kappa shape index (κ3) is 3.12. The molecule has 4 nitrogen and oxygen atoms in total. The SMILES string of the molecule is COc1cc(CNc2ccc(F)cc2OC)ccc1O. The number of hydrogen-bond acceptors (Lipinski definition) is 4. The molecular formula is C15H16FNO3. The molecule has 0 amide bonds. The first-order valence-corrected chi connectivity index (χ1v) is 6.07. The number of phenols is 1. The standard InChI is InChI=1S/C15H16FNO3/c1-19-14-8-11(16)4-5-12(14)17-9-10-3-6-13(18)15(7-10)20-2/h3-8,17-18H,9H2,1-2H3. The van der Waals surface area contributed by atoms with E-state index in [1.54, 1.807) is 24.3 Å². The number of ether oxygens (including phenoxy) is 2. The van der Waals surface area contributed by atoms with Crippen molar-refractivity contribution < 1.29 is 19.0 Å². The molecule has 0 aliphatic heterocycles. The van der Waals surface area contributed by atoms with Crippen LogP contribution < -0.4 is 14.8 Å². The number of nitrogens with one attached hydrogen (secondary N) is 1. The van der Waals surface area contributed by atoms with Gasteiger partial charge in [0.2, 0.25) is 0 Å². The fourth-order valence-corrected chi connectivity index (χ4v) is 1.84. The van der Waals surface area contributed by atoms with E-state index in [0.29, 0.717) is 23.7 Å². The number of halogens is 1. The zero-order valence-corrected chi connectivity index (χ0v) is 11.3. The second kappa shape index (κ2) is 6.14. The number of rotatable bonds is 5. The summed E-state index contributed by atoms with van der Waals surface area (Å²) in [6.07, 6.45) is 0. The first-order chi connectivity index (χ1) is 9.63. The van der Waals surface area contributed by atoms with Gasteiger partial charge in [-0.25, -0.2) is 4.39 Å². The summed E-state index contributed by atoms with van der Waals surface area (Å²) in [4.78, 5) is 0. The van der Waals surface area contributed by atoms with Gasteiger partial charge in [-0.05, 0) is 29.8 Å². The second-order valence-corrected chi connectivity index (χ2v) is 4.20. The normalized spacial score (nSPS) is 10.2. The van der Waals surface area contributed by atoms with Gasteiger partial charge in [0, 0.05) is 12.6 Å². The van der Waals surface area contributed by atoms with Crippen LogP contribution >= 0.6 is 0 Å². The van der Waals surface area contributed by atoms with E-state index in [-0.39, 0.29) is 11.6 Å². The highest BCUT2D eigenvalue weighted by atomic mass is 19.1. The van der Waals surface area contributed by atoms with Gasteiger partial charge in [-0.2, -0.15) is 0 Å². The summed E-state index contributed by atoms with van der Waals surface area (Å²) in [6.45, 7) is 0.499. The Labute approximate surface area is 116 Å². The van der Waals surface area contributed by atoms with E-state index >= 15 is 0 Å². The van der Waals surface area contributed by atoms with Crippen molar-refractivity contribution in [2.24, 2.45) is 0 Å². The average molecular weight is 277 g/mol. The molecule has 0 unspecified atom stereocenters. The molecule has 0 aromatic heterocycles. The highest BCUT2D eigenvalue weighted by Crippen LogP contribution is 2.28. The lowest BCUT2D eigenvalue weighted by molar-refractivity contribution is 0.373.